The summed E-state index contributed by atoms with van der Waals surface area (Å²) in [5.41, 5.74) is 8.26. The number of aromatic nitrogens is 1. The number of benzene rings is 1. The average molecular weight is 257 g/mol. The Morgan fingerprint density at radius 2 is 2.11 bits per heavy atom. The van der Waals surface area contributed by atoms with E-state index in [1.54, 1.807) is 0 Å². The van der Waals surface area contributed by atoms with Gasteiger partial charge in [-0.3, -0.25) is 0 Å². The Balaban J connectivity index is 1.72. The summed E-state index contributed by atoms with van der Waals surface area (Å²) < 4.78 is 5.92. The van der Waals surface area contributed by atoms with E-state index in [1.165, 1.54) is 32.1 Å². The lowest BCUT2D eigenvalue weighted by Crippen LogP contribution is -2.34. The summed E-state index contributed by atoms with van der Waals surface area (Å²) in [5, 5.41) is 0. The van der Waals surface area contributed by atoms with Crippen molar-refractivity contribution in [2.45, 2.75) is 38.1 Å². The van der Waals surface area contributed by atoms with Gasteiger partial charge in [0.05, 0.1) is 5.69 Å². The number of hydrogen-bond donors (Lipinski definition) is 1. The van der Waals surface area contributed by atoms with Crippen LogP contribution in [0.25, 0.3) is 11.1 Å². The van der Waals surface area contributed by atoms with E-state index in [2.05, 4.69) is 9.88 Å². The van der Waals surface area contributed by atoms with Crippen LogP contribution in [0.1, 0.15) is 32.1 Å². The Hall–Kier alpha value is -1.71. The summed E-state index contributed by atoms with van der Waals surface area (Å²) in [6.45, 7) is 1.07. The molecule has 2 aliphatic rings. The van der Waals surface area contributed by atoms with Crippen molar-refractivity contribution in [3.05, 3.63) is 18.2 Å². The zero-order chi connectivity index (χ0) is 12.8. The van der Waals surface area contributed by atoms with Crippen molar-refractivity contribution in [3.8, 4) is 0 Å². The highest BCUT2D eigenvalue weighted by molar-refractivity contribution is 5.86. The van der Waals surface area contributed by atoms with Crippen LogP contribution in [0.4, 0.5) is 11.7 Å². The van der Waals surface area contributed by atoms with Crippen molar-refractivity contribution in [2.24, 2.45) is 5.92 Å². The minimum atomic E-state index is 0.628. The minimum absolute atomic E-state index is 0.628. The molecule has 1 saturated heterocycles. The first kappa shape index (κ1) is 11.1. The molecule has 2 atom stereocenters. The van der Waals surface area contributed by atoms with Crippen LogP contribution >= 0.6 is 0 Å². The van der Waals surface area contributed by atoms with E-state index in [-0.39, 0.29) is 0 Å². The quantitative estimate of drug-likeness (QED) is 0.797. The Morgan fingerprint density at radius 1 is 1.21 bits per heavy atom. The molecule has 1 saturated carbocycles. The fourth-order valence-electron chi connectivity index (χ4n) is 3.72. The molecule has 1 aromatic carbocycles. The third kappa shape index (κ3) is 1.70. The maximum Gasteiger partial charge on any atom is 0.298 e. The van der Waals surface area contributed by atoms with E-state index in [4.69, 9.17) is 10.2 Å². The highest BCUT2D eigenvalue weighted by Crippen LogP contribution is 2.39. The first-order chi connectivity index (χ1) is 9.33. The highest BCUT2D eigenvalue weighted by atomic mass is 16.4. The monoisotopic (exact) mass is 257 g/mol. The van der Waals surface area contributed by atoms with Gasteiger partial charge in [0.1, 0.15) is 5.52 Å². The molecule has 1 aromatic heterocycles. The van der Waals surface area contributed by atoms with E-state index in [1.807, 2.05) is 18.2 Å². The number of oxazole rings is 1. The number of nitrogens with two attached hydrogens (primary N) is 1. The van der Waals surface area contributed by atoms with Gasteiger partial charge in [0, 0.05) is 12.6 Å². The van der Waals surface area contributed by atoms with Crippen LogP contribution in [0.3, 0.4) is 0 Å². The van der Waals surface area contributed by atoms with Crippen LogP contribution in [0, 0.1) is 5.92 Å². The van der Waals surface area contributed by atoms with Crippen LogP contribution < -0.4 is 10.6 Å². The van der Waals surface area contributed by atoms with Gasteiger partial charge in [0.25, 0.3) is 6.01 Å². The second-order valence-corrected chi connectivity index (χ2v) is 5.78. The second-order valence-electron chi connectivity index (χ2n) is 5.78. The van der Waals surface area contributed by atoms with Crippen molar-refractivity contribution in [1.82, 2.24) is 4.98 Å². The van der Waals surface area contributed by atoms with Gasteiger partial charge >= 0.3 is 0 Å². The van der Waals surface area contributed by atoms with E-state index in [0.717, 1.165) is 29.6 Å². The molecule has 4 rings (SSSR count). The van der Waals surface area contributed by atoms with Gasteiger partial charge in [-0.1, -0.05) is 18.9 Å². The smallest absolute Gasteiger partial charge is 0.298 e. The first-order valence-corrected chi connectivity index (χ1v) is 7.24. The molecule has 2 fully saturated rings. The topological polar surface area (TPSA) is 55.3 Å². The Kier molecular flexibility index (Phi) is 2.43. The number of fused-ring (bicyclic) bond motifs is 2. The zero-order valence-electron chi connectivity index (χ0n) is 11.0. The molecule has 2 aromatic rings. The van der Waals surface area contributed by atoms with Crippen molar-refractivity contribution in [1.29, 1.82) is 0 Å². The molecule has 1 aliphatic heterocycles. The van der Waals surface area contributed by atoms with Crippen molar-refractivity contribution < 1.29 is 4.42 Å². The summed E-state index contributed by atoms with van der Waals surface area (Å²) in [7, 11) is 0. The lowest BCUT2D eigenvalue weighted by molar-refractivity contribution is 0.336. The molecular weight excluding hydrogens is 238 g/mol. The van der Waals surface area contributed by atoms with E-state index in [0.29, 0.717) is 11.7 Å². The molecule has 0 bridgehead atoms. The molecule has 4 heteroatoms. The van der Waals surface area contributed by atoms with Crippen LogP contribution in [0.2, 0.25) is 0 Å². The number of para-hydroxylation sites is 1. The molecule has 100 valence electrons. The number of anilines is 2. The summed E-state index contributed by atoms with van der Waals surface area (Å²) in [6, 6.07) is 7.13. The van der Waals surface area contributed by atoms with Crippen LogP contribution in [0.5, 0.6) is 0 Å². The van der Waals surface area contributed by atoms with Crippen LogP contribution in [0.15, 0.2) is 22.6 Å². The Bertz CT molecular complexity index is 606. The van der Waals surface area contributed by atoms with Crippen molar-refractivity contribution in [3.63, 3.8) is 0 Å². The maximum absolute atomic E-state index is 5.96. The van der Waals surface area contributed by atoms with Gasteiger partial charge in [-0.05, 0) is 37.3 Å². The molecule has 2 N–H and O–H groups in total. The summed E-state index contributed by atoms with van der Waals surface area (Å²) >= 11 is 0. The third-order valence-electron chi connectivity index (χ3n) is 4.69. The normalized spacial score (nSPS) is 26.8. The van der Waals surface area contributed by atoms with Crippen LogP contribution in [-0.4, -0.2) is 17.6 Å². The number of rotatable bonds is 1. The molecule has 19 heavy (non-hydrogen) atoms. The van der Waals surface area contributed by atoms with E-state index >= 15 is 0 Å². The molecule has 2 heterocycles. The van der Waals surface area contributed by atoms with Gasteiger partial charge in [-0.15, -0.1) is 0 Å². The Labute approximate surface area is 112 Å². The van der Waals surface area contributed by atoms with Gasteiger partial charge < -0.3 is 15.1 Å². The summed E-state index contributed by atoms with van der Waals surface area (Å²) in [5.74, 6) is 0.834. The number of hydrogen-bond acceptors (Lipinski definition) is 4. The molecule has 4 nitrogen and oxygen atoms in total. The van der Waals surface area contributed by atoms with Gasteiger partial charge in [-0.2, -0.15) is 4.98 Å². The first-order valence-electron chi connectivity index (χ1n) is 7.24. The zero-order valence-corrected chi connectivity index (χ0v) is 11.0. The predicted octanol–water partition coefficient (Wildman–Crippen LogP) is 3.18. The molecule has 0 spiro atoms. The lowest BCUT2D eigenvalue weighted by Gasteiger charge is -2.30. The van der Waals surface area contributed by atoms with Gasteiger partial charge in [0.15, 0.2) is 5.58 Å². The number of nitrogen functional groups attached to an aromatic ring is 1. The molecular formula is C15H19N3O. The second kappa shape index (κ2) is 4.15. The predicted molar refractivity (Wildman–Crippen MR) is 76.1 cm³/mol. The fourth-order valence-corrected chi connectivity index (χ4v) is 3.72. The largest absolute Gasteiger partial charge is 0.423 e. The minimum Gasteiger partial charge on any atom is -0.423 e. The van der Waals surface area contributed by atoms with Gasteiger partial charge in [-0.25, -0.2) is 0 Å². The third-order valence-corrected chi connectivity index (χ3v) is 4.69. The molecule has 1 aliphatic carbocycles. The van der Waals surface area contributed by atoms with E-state index < -0.39 is 0 Å². The summed E-state index contributed by atoms with van der Waals surface area (Å²) in [6.07, 6.45) is 6.64. The van der Waals surface area contributed by atoms with Crippen LogP contribution in [-0.2, 0) is 0 Å². The van der Waals surface area contributed by atoms with Crippen molar-refractivity contribution in [2.75, 3.05) is 17.2 Å². The van der Waals surface area contributed by atoms with E-state index in [9.17, 15) is 0 Å². The fraction of sp³-hybridized carbons (Fsp3) is 0.533. The lowest BCUT2D eigenvalue weighted by atomic mass is 9.85. The maximum atomic E-state index is 5.96. The number of nitrogens with zero attached hydrogens (tertiary/aromatic N) is 2. The standard InChI is InChI=1S/C15H19N3O/c16-11-5-3-7-13-14(11)17-15(19-13)18-9-8-10-4-1-2-6-12(10)18/h3,5,7,10,12H,1-2,4,6,8-9,16H2. The average Bonchev–Trinajstić information content (AvgIpc) is 3.02. The molecule has 0 amide bonds. The van der Waals surface area contributed by atoms with Gasteiger partial charge in [0.2, 0.25) is 0 Å². The highest BCUT2D eigenvalue weighted by Gasteiger charge is 2.37. The van der Waals surface area contributed by atoms with Crippen molar-refractivity contribution >= 4 is 22.8 Å². The summed E-state index contributed by atoms with van der Waals surface area (Å²) in [4.78, 5) is 6.98. The molecule has 2 unspecified atom stereocenters. The molecule has 0 radical (unpaired) electrons. The Morgan fingerprint density at radius 3 is 3.00 bits per heavy atom. The SMILES string of the molecule is Nc1cccc2oc(N3CCC4CCCCC43)nc12.